The van der Waals surface area contributed by atoms with E-state index in [-0.39, 0.29) is 5.54 Å². The molecule has 0 unspecified atom stereocenters. The van der Waals surface area contributed by atoms with Gasteiger partial charge in [0.25, 0.3) is 0 Å². The van der Waals surface area contributed by atoms with Gasteiger partial charge in [-0.1, -0.05) is 48.0 Å². The lowest BCUT2D eigenvalue weighted by molar-refractivity contribution is 0.0130. The molecule has 2 nitrogen and oxygen atoms in total. The van der Waals surface area contributed by atoms with Crippen LogP contribution in [0.25, 0.3) is 0 Å². The number of nitrogens with zero attached hydrogens (tertiary/aromatic N) is 1. The summed E-state index contributed by atoms with van der Waals surface area (Å²) in [4.78, 5) is 2.67. The van der Waals surface area contributed by atoms with Gasteiger partial charge in [0.15, 0.2) is 0 Å². The van der Waals surface area contributed by atoms with Crippen molar-refractivity contribution >= 4 is 0 Å². The predicted octanol–water partition coefficient (Wildman–Crippen LogP) is 4.29. The van der Waals surface area contributed by atoms with Gasteiger partial charge in [-0.2, -0.15) is 0 Å². The highest BCUT2D eigenvalue weighted by Crippen LogP contribution is 2.45. The second kappa shape index (κ2) is 7.26. The van der Waals surface area contributed by atoms with Crippen molar-refractivity contribution in [2.75, 3.05) is 19.6 Å². The fourth-order valence-corrected chi connectivity index (χ4v) is 3.97. The molecular formula is C18H38N2. The SMILES string of the molecule is CCN(CC(C)C)C1(CN)CCC(C(C)(C)CC)CC1. The molecule has 0 aliphatic heterocycles. The number of likely N-dealkylation sites (N-methyl/N-ethyl adjacent to an activating group) is 1. The molecule has 2 N–H and O–H groups in total. The van der Waals surface area contributed by atoms with Gasteiger partial charge >= 0.3 is 0 Å². The van der Waals surface area contributed by atoms with E-state index in [2.05, 4.69) is 46.4 Å². The van der Waals surface area contributed by atoms with Crippen LogP contribution in [0.5, 0.6) is 0 Å². The smallest absolute Gasteiger partial charge is 0.0331 e. The van der Waals surface area contributed by atoms with Crippen LogP contribution in [0.3, 0.4) is 0 Å². The summed E-state index contributed by atoms with van der Waals surface area (Å²) in [6.45, 7) is 17.3. The zero-order valence-corrected chi connectivity index (χ0v) is 14.8. The maximum Gasteiger partial charge on any atom is 0.0331 e. The first-order valence-electron chi connectivity index (χ1n) is 8.76. The normalized spacial score (nSPS) is 28.4. The van der Waals surface area contributed by atoms with Gasteiger partial charge in [-0.05, 0) is 49.5 Å². The van der Waals surface area contributed by atoms with E-state index in [0.717, 1.165) is 24.9 Å². The molecule has 0 spiro atoms. The van der Waals surface area contributed by atoms with Crippen LogP contribution in [0, 0.1) is 17.3 Å². The maximum atomic E-state index is 6.24. The van der Waals surface area contributed by atoms with E-state index in [4.69, 9.17) is 5.73 Å². The first-order valence-corrected chi connectivity index (χ1v) is 8.76. The van der Waals surface area contributed by atoms with E-state index in [1.165, 1.54) is 38.6 Å². The Bertz CT molecular complexity index is 275. The second-order valence-electron chi connectivity index (χ2n) is 7.98. The topological polar surface area (TPSA) is 29.3 Å². The average Bonchev–Trinajstić information content (AvgIpc) is 2.44. The fraction of sp³-hybridized carbons (Fsp3) is 1.00. The molecule has 0 saturated heterocycles. The minimum absolute atomic E-state index is 0.277. The fourth-order valence-electron chi connectivity index (χ4n) is 3.97. The van der Waals surface area contributed by atoms with Crippen LogP contribution in [0.4, 0.5) is 0 Å². The van der Waals surface area contributed by atoms with Crippen molar-refractivity contribution in [2.24, 2.45) is 23.0 Å². The number of hydrogen-bond acceptors (Lipinski definition) is 2. The highest BCUT2D eigenvalue weighted by Gasteiger charge is 2.41. The van der Waals surface area contributed by atoms with E-state index >= 15 is 0 Å². The Hall–Kier alpha value is -0.0800. The van der Waals surface area contributed by atoms with Gasteiger partial charge in [0.05, 0.1) is 0 Å². The van der Waals surface area contributed by atoms with E-state index in [9.17, 15) is 0 Å². The lowest BCUT2D eigenvalue weighted by Gasteiger charge is -2.50. The van der Waals surface area contributed by atoms with Crippen LogP contribution in [-0.4, -0.2) is 30.1 Å². The first-order chi connectivity index (χ1) is 9.31. The van der Waals surface area contributed by atoms with Crippen molar-refractivity contribution in [3.63, 3.8) is 0 Å². The average molecular weight is 283 g/mol. The third-order valence-electron chi connectivity index (χ3n) is 5.95. The molecule has 0 atom stereocenters. The predicted molar refractivity (Wildman–Crippen MR) is 89.9 cm³/mol. The summed E-state index contributed by atoms with van der Waals surface area (Å²) in [5, 5.41) is 0. The summed E-state index contributed by atoms with van der Waals surface area (Å²) >= 11 is 0. The van der Waals surface area contributed by atoms with Gasteiger partial charge in [-0.3, -0.25) is 4.90 Å². The minimum atomic E-state index is 0.277. The lowest BCUT2D eigenvalue weighted by Crippen LogP contribution is -2.57. The molecule has 0 aromatic heterocycles. The van der Waals surface area contributed by atoms with Crippen LogP contribution in [0.2, 0.25) is 0 Å². The van der Waals surface area contributed by atoms with Crippen molar-refractivity contribution in [3.05, 3.63) is 0 Å². The Balaban J connectivity index is 2.74. The molecule has 0 aromatic rings. The molecule has 120 valence electrons. The monoisotopic (exact) mass is 282 g/mol. The highest BCUT2D eigenvalue weighted by molar-refractivity contribution is 4.98. The quantitative estimate of drug-likeness (QED) is 0.755. The van der Waals surface area contributed by atoms with Crippen molar-refractivity contribution in [1.82, 2.24) is 4.90 Å². The minimum Gasteiger partial charge on any atom is -0.329 e. The Kier molecular flexibility index (Phi) is 6.53. The van der Waals surface area contributed by atoms with E-state index in [1.807, 2.05) is 0 Å². The largest absolute Gasteiger partial charge is 0.329 e. The van der Waals surface area contributed by atoms with Crippen molar-refractivity contribution in [2.45, 2.75) is 79.2 Å². The van der Waals surface area contributed by atoms with Gasteiger partial charge in [0.1, 0.15) is 0 Å². The van der Waals surface area contributed by atoms with Crippen molar-refractivity contribution in [1.29, 1.82) is 0 Å². The Labute approximate surface area is 127 Å². The van der Waals surface area contributed by atoms with Gasteiger partial charge in [0.2, 0.25) is 0 Å². The number of rotatable bonds is 7. The zero-order valence-electron chi connectivity index (χ0n) is 14.8. The van der Waals surface area contributed by atoms with E-state index < -0.39 is 0 Å². The summed E-state index contributed by atoms with van der Waals surface area (Å²) in [5.74, 6) is 1.60. The lowest BCUT2D eigenvalue weighted by atomic mass is 9.65. The van der Waals surface area contributed by atoms with Crippen LogP contribution >= 0.6 is 0 Å². The van der Waals surface area contributed by atoms with Crippen LogP contribution in [0.1, 0.15) is 73.6 Å². The highest BCUT2D eigenvalue weighted by atomic mass is 15.2. The Morgan fingerprint density at radius 3 is 2.10 bits per heavy atom. The number of nitrogens with two attached hydrogens (primary N) is 1. The van der Waals surface area contributed by atoms with Gasteiger partial charge < -0.3 is 5.73 Å². The molecular weight excluding hydrogens is 244 g/mol. The zero-order chi connectivity index (χ0) is 15.4. The second-order valence-corrected chi connectivity index (χ2v) is 7.98. The molecule has 1 aliphatic carbocycles. The van der Waals surface area contributed by atoms with E-state index in [1.54, 1.807) is 0 Å². The summed E-state index contributed by atoms with van der Waals surface area (Å²) in [7, 11) is 0. The van der Waals surface area contributed by atoms with Crippen molar-refractivity contribution in [3.8, 4) is 0 Å². The molecule has 1 aliphatic rings. The van der Waals surface area contributed by atoms with E-state index in [0.29, 0.717) is 5.41 Å². The molecule has 0 aromatic carbocycles. The number of hydrogen-bond donors (Lipinski definition) is 1. The maximum absolute atomic E-state index is 6.24. The molecule has 0 bridgehead atoms. The summed E-state index contributed by atoms with van der Waals surface area (Å²) in [6.07, 6.45) is 6.58. The molecule has 1 rings (SSSR count). The molecule has 0 heterocycles. The summed E-state index contributed by atoms with van der Waals surface area (Å²) in [6, 6.07) is 0. The van der Waals surface area contributed by atoms with Gasteiger partial charge in [-0.15, -0.1) is 0 Å². The van der Waals surface area contributed by atoms with Crippen LogP contribution in [-0.2, 0) is 0 Å². The standard InChI is InChI=1S/C18H38N2/c1-7-17(5,6)16-9-11-18(14-19,12-10-16)20(8-2)13-15(3)4/h15-16H,7-14,19H2,1-6H3. The molecule has 1 fully saturated rings. The molecule has 20 heavy (non-hydrogen) atoms. The molecule has 0 radical (unpaired) electrons. The molecule has 0 amide bonds. The van der Waals surface area contributed by atoms with Gasteiger partial charge in [-0.25, -0.2) is 0 Å². The molecule has 1 saturated carbocycles. The summed E-state index contributed by atoms with van der Waals surface area (Å²) in [5.41, 5.74) is 7.01. The first kappa shape index (κ1) is 18.0. The van der Waals surface area contributed by atoms with Crippen molar-refractivity contribution < 1.29 is 0 Å². The Morgan fingerprint density at radius 1 is 1.20 bits per heavy atom. The van der Waals surface area contributed by atoms with Crippen LogP contribution in [0.15, 0.2) is 0 Å². The third-order valence-corrected chi connectivity index (χ3v) is 5.95. The Morgan fingerprint density at radius 2 is 1.75 bits per heavy atom. The molecule has 2 heteroatoms. The third kappa shape index (κ3) is 3.98. The summed E-state index contributed by atoms with van der Waals surface area (Å²) < 4.78 is 0. The van der Waals surface area contributed by atoms with Crippen LogP contribution < -0.4 is 5.73 Å². The van der Waals surface area contributed by atoms with Gasteiger partial charge in [0, 0.05) is 18.6 Å².